The Morgan fingerprint density at radius 2 is 2.10 bits per heavy atom. The molecule has 1 heterocycles. The molecule has 0 amide bonds. The van der Waals surface area contributed by atoms with Crippen molar-refractivity contribution in [2.75, 3.05) is 12.8 Å². The molecule has 1 aromatic carbocycles. The minimum absolute atomic E-state index is 0.00722. The fourth-order valence-electron chi connectivity index (χ4n) is 2.10. The van der Waals surface area contributed by atoms with Crippen molar-refractivity contribution in [2.24, 2.45) is 0 Å². The number of hydrogen-bond donors (Lipinski definition) is 1. The van der Waals surface area contributed by atoms with Gasteiger partial charge in [-0.3, -0.25) is 0 Å². The Kier molecular flexibility index (Phi) is 4.78. The predicted molar refractivity (Wildman–Crippen MR) is 80.4 cm³/mol. The van der Waals surface area contributed by atoms with Crippen LogP contribution in [0.5, 0.6) is 0 Å². The number of benzene rings is 1. The molecule has 21 heavy (non-hydrogen) atoms. The average molecular weight is 303 g/mol. The van der Waals surface area contributed by atoms with Gasteiger partial charge in [-0.1, -0.05) is 6.07 Å². The molecule has 0 bridgehead atoms. The number of nitrogens with zero attached hydrogens (tertiary/aromatic N) is 2. The fraction of sp³-hybridized carbons (Fsp3) is 0.267. The molecule has 0 aliphatic rings. The molecule has 6 heteroatoms. The molecule has 0 atom stereocenters. The third-order valence-electron chi connectivity index (χ3n) is 3.20. The van der Waals surface area contributed by atoms with E-state index in [2.05, 4.69) is 5.32 Å². The molecule has 110 valence electrons. The first-order valence-corrected chi connectivity index (χ1v) is 8.23. The lowest BCUT2D eigenvalue weighted by Crippen LogP contribution is -2.16. The number of nitrogens with one attached hydrogen (secondary N) is 1. The Balaban J connectivity index is 2.14. The zero-order chi connectivity index (χ0) is 15.3. The molecule has 0 radical (unpaired) electrons. The Bertz CT molecular complexity index is 757. The second-order valence-electron chi connectivity index (χ2n) is 4.68. The lowest BCUT2D eigenvalue weighted by molar-refractivity contribution is 0.585. The summed E-state index contributed by atoms with van der Waals surface area (Å²) in [5, 5.41) is 11.9. The molecule has 0 unspecified atom stereocenters. The summed E-state index contributed by atoms with van der Waals surface area (Å²) in [4.78, 5) is 0.198. The standard InChI is InChI=1S/C15H17N3O2S/c1-17-12-14-5-3-7-18(14)8-9-21(19,20)15-6-2-4-13(10-15)11-16/h2-7,10,17H,8-9,12H2,1H3. The van der Waals surface area contributed by atoms with Crippen LogP contribution in [0.2, 0.25) is 0 Å². The van der Waals surface area contributed by atoms with E-state index in [1.807, 2.05) is 36.0 Å². The first kappa shape index (κ1) is 15.3. The number of hydrogen-bond acceptors (Lipinski definition) is 4. The Hall–Kier alpha value is -2.10. The Morgan fingerprint density at radius 3 is 2.81 bits per heavy atom. The van der Waals surface area contributed by atoms with Crippen LogP contribution in [0.3, 0.4) is 0 Å². The van der Waals surface area contributed by atoms with E-state index in [1.165, 1.54) is 12.1 Å². The largest absolute Gasteiger partial charge is 0.349 e. The summed E-state index contributed by atoms with van der Waals surface area (Å²) in [5.74, 6) is 0.00722. The predicted octanol–water partition coefficient (Wildman–Crippen LogP) is 1.55. The lowest BCUT2D eigenvalue weighted by atomic mass is 10.2. The van der Waals surface area contributed by atoms with E-state index in [0.29, 0.717) is 18.7 Å². The minimum atomic E-state index is -3.39. The van der Waals surface area contributed by atoms with Crippen molar-refractivity contribution in [3.8, 4) is 6.07 Å². The quantitative estimate of drug-likeness (QED) is 0.878. The molecular formula is C15H17N3O2S. The summed E-state index contributed by atoms with van der Waals surface area (Å²) >= 11 is 0. The molecule has 1 aromatic heterocycles. The minimum Gasteiger partial charge on any atom is -0.349 e. The zero-order valence-corrected chi connectivity index (χ0v) is 12.6. The summed E-state index contributed by atoms with van der Waals surface area (Å²) in [7, 11) is -1.54. The van der Waals surface area contributed by atoms with Crippen LogP contribution in [-0.4, -0.2) is 25.8 Å². The van der Waals surface area contributed by atoms with Crippen LogP contribution in [0, 0.1) is 11.3 Å². The second kappa shape index (κ2) is 6.57. The summed E-state index contributed by atoms with van der Waals surface area (Å²) in [6.07, 6.45) is 1.87. The van der Waals surface area contributed by atoms with Crippen molar-refractivity contribution >= 4 is 9.84 Å². The molecule has 2 rings (SSSR count). The van der Waals surface area contributed by atoms with Crippen molar-refractivity contribution in [3.05, 3.63) is 53.9 Å². The molecule has 0 saturated heterocycles. The van der Waals surface area contributed by atoms with E-state index in [1.54, 1.807) is 12.1 Å². The smallest absolute Gasteiger partial charge is 0.180 e. The highest BCUT2D eigenvalue weighted by Crippen LogP contribution is 2.14. The van der Waals surface area contributed by atoms with Crippen LogP contribution in [-0.2, 0) is 22.9 Å². The van der Waals surface area contributed by atoms with Crippen LogP contribution >= 0.6 is 0 Å². The van der Waals surface area contributed by atoms with Gasteiger partial charge in [0, 0.05) is 25.0 Å². The van der Waals surface area contributed by atoms with E-state index in [0.717, 1.165) is 5.69 Å². The molecule has 5 nitrogen and oxygen atoms in total. The SMILES string of the molecule is CNCc1cccn1CCS(=O)(=O)c1cccc(C#N)c1. The molecule has 1 N–H and O–H groups in total. The maximum absolute atomic E-state index is 12.3. The van der Waals surface area contributed by atoms with E-state index in [4.69, 9.17) is 5.26 Å². The van der Waals surface area contributed by atoms with Gasteiger partial charge in [-0.05, 0) is 37.4 Å². The van der Waals surface area contributed by atoms with Gasteiger partial charge in [0.1, 0.15) is 0 Å². The van der Waals surface area contributed by atoms with Gasteiger partial charge in [-0.25, -0.2) is 8.42 Å². The number of rotatable bonds is 6. The Morgan fingerprint density at radius 1 is 1.29 bits per heavy atom. The summed E-state index contributed by atoms with van der Waals surface area (Å²) in [5.41, 5.74) is 1.39. The first-order chi connectivity index (χ1) is 10.1. The van der Waals surface area contributed by atoms with Crippen molar-refractivity contribution in [1.82, 2.24) is 9.88 Å². The highest BCUT2D eigenvalue weighted by Gasteiger charge is 2.15. The van der Waals surface area contributed by atoms with Crippen molar-refractivity contribution in [3.63, 3.8) is 0 Å². The highest BCUT2D eigenvalue weighted by atomic mass is 32.2. The van der Waals surface area contributed by atoms with Crippen LogP contribution in [0.1, 0.15) is 11.3 Å². The van der Waals surface area contributed by atoms with Gasteiger partial charge in [0.2, 0.25) is 0 Å². The van der Waals surface area contributed by atoms with E-state index in [9.17, 15) is 8.42 Å². The number of aryl methyl sites for hydroxylation is 1. The molecule has 0 aliphatic heterocycles. The summed E-state index contributed by atoms with van der Waals surface area (Å²) < 4.78 is 26.6. The van der Waals surface area contributed by atoms with Gasteiger partial charge in [-0.2, -0.15) is 5.26 Å². The zero-order valence-electron chi connectivity index (χ0n) is 11.8. The monoisotopic (exact) mass is 303 g/mol. The average Bonchev–Trinajstić information content (AvgIpc) is 2.93. The van der Waals surface area contributed by atoms with Crippen molar-refractivity contribution in [2.45, 2.75) is 18.0 Å². The van der Waals surface area contributed by atoms with Crippen molar-refractivity contribution in [1.29, 1.82) is 5.26 Å². The van der Waals surface area contributed by atoms with Crippen LogP contribution < -0.4 is 5.32 Å². The van der Waals surface area contributed by atoms with Crippen molar-refractivity contribution < 1.29 is 8.42 Å². The van der Waals surface area contributed by atoms with Crippen LogP contribution in [0.15, 0.2) is 47.5 Å². The lowest BCUT2D eigenvalue weighted by Gasteiger charge is -2.10. The molecule has 0 fully saturated rings. The van der Waals surface area contributed by atoms with Gasteiger partial charge in [-0.15, -0.1) is 0 Å². The molecule has 0 spiro atoms. The number of aromatic nitrogens is 1. The second-order valence-corrected chi connectivity index (χ2v) is 6.79. The summed E-state index contributed by atoms with van der Waals surface area (Å²) in [6.45, 7) is 1.08. The molecule has 0 aliphatic carbocycles. The van der Waals surface area contributed by atoms with E-state index < -0.39 is 9.84 Å². The van der Waals surface area contributed by atoms with E-state index >= 15 is 0 Å². The third-order valence-corrected chi connectivity index (χ3v) is 4.90. The van der Waals surface area contributed by atoms with Crippen LogP contribution in [0.4, 0.5) is 0 Å². The van der Waals surface area contributed by atoms with E-state index in [-0.39, 0.29) is 10.6 Å². The highest BCUT2D eigenvalue weighted by molar-refractivity contribution is 7.91. The molecule has 0 saturated carbocycles. The number of nitriles is 1. The topological polar surface area (TPSA) is 74.9 Å². The van der Waals surface area contributed by atoms with Gasteiger partial charge < -0.3 is 9.88 Å². The normalized spacial score (nSPS) is 11.2. The molecular weight excluding hydrogens is 286 g/mol. The molecule has 2 aromatic rings. The Labute approximate surface area is 124 Å². The van der Waals surface area contributed by atoms with Gasteiger partial charge >= 0.3 is 0 Å². The first-order valence-electron chi connectivity index (χ1n) is 6.58. The maximum Gasteiger partial charge on any atom is 0.180 e. The summed E-state index contributed by atoms with van der Waals surface area (Å²) in [6, 6.07) is 11.9. The maximum atomic E-state index is 12.3. The van der Waals surface area contributed by atoms with Gasteiger partial charge in [0.05, 0.1) is 22.3 Å². The van der Waals surface area contributed by atoms with Crippen LogP contribution in [0.25, 0.3) is 0 Å². The van der Waals surface area contributed by atoms with Gasteiger partial charge in [0.25, 0.3) is 0 Å². The third kappa shape index (κ3) is 3.72. The van der Waals surface area contributed by atoms with Gasteiger partial charge in [0.15, 0.2) is 9.84 Å². The fourth-order valence-corrected chi connectivity index (χ4v) is 3.37. The number of sulfone groups is 1.